The quantitative estimate of drug-likeness (QED) is 0.339. The Balaban J connectivity index is 1.59. The van der Waals surface area contributed by atoms with E-state index >= 15 is 0 Å². The molecule has 2 aromatic carbocycles. The fraction of sp³-hybridized carbons (Fsp3) is 0.200. The number of thiocarbonyl (C=S) groups is 1. The maximum absolute atomic E-state index is 6.03. The summed E-state index contributed by atoms with van der Waals surface area (Å²) >= 11 is 13.3. The van der Waals surface area contributed by atoms with Crippen LogP contribution in [0.4, 0.5) is 0 Å². The van der Waals surface area contributed by atoms with Gasteiger partial charge in [0.05, 0.1) is 0 Å². The maximum atomic E-state index is 6.03. The zero-order chi connectivity index (χ0) is 19.1. The third-order valence-corrected chi connectivity index (χ3v) is 5.52. The number of aryl methyl sites for hydroxylation is 1. The molecule has 0 aliphatic rings. The topological polar surface area (TPSA) is 41.9 Å². The molecule has 4 nitrogen and oxygen atoms in total. The van der Waals surface area contributed by atoms with E-state index in [1.165, 1.54) is 4.90 Å². The Hall–Kier alpha value is -2.02. The van der Waals surface area contributed by atoms with Crippen LogP contribution in [0.5, 0.6) is 0 Å². The minimum absolute atomic E-state index is 0.149. The van der Waals surface area contributed by atoms with E-state index < -0.39 is 0 Å². The second kappa shape index (κ2) is 9.78. The second-order valence-electron chi connectivity index (χ2n) is 5.94. The fourth-order valence-corrected chi connectivity index (χ4v) is 3.78. The number of thioether (sulfide) groups is 1. The first-order valence-electron chi connectivity index (χ1n) is 8.58. The monoisotopic (exact) mass is 416 g/mol. The van der Waals surface area contributed by atoms with Crippen LogP contribution in [-0.2, 0) is 7.05 Å². The van der Waals surface area contributed by atoms with E-state index in [9.17, 15) is 0 Å². The summed E-state index contributed by atoms with van der Waals surface area (Å²) in [6.45, 7) is 0.777. The molecular formula is C20H21ClN4S2. The Morgan fingerprint density at radius 2 is 1.93 bits per heavy atom. The number of hydrogen-bond donors (Lipinski definition) is 2. The normalized spacial score (nSPS) is 11.8. The van der Waals surface area contributed by atoms with Gasteiger partial charge < -0.3 is 15.2 Å². The Bertz CT molecular complexity index is 865. The number of imidazole rings is 1. The summed E-state index contributed by atoms with van der Waals surface area (Å²) in [6, 6.07) is 17.9. The highest BCUT2D eigenvalue weighted by atomic mass is 35.5. The lowest BCUT2D eigenvalue weighted by Crippen LogP contribution is -2.39. The molecule has 0 saturated heterocycles. The molecule has 1 atom stereocenters. The van der Waals surface area contributed by atoms with Crippen LogP contribution in [-0.4, -0.2) is 27.0 Å². The van der Waals surface area contributed by atoms with Crippen LogP contribution in [0.25, 0.3) is 0 Å². The number of rotatable bonds is 7. The third kappa shape index (κ3) is 5.73. The molecule has 2 N–H and O–H groups in total. The third-order valence-electron chi connectivity index (χ3n) is 3.99. The van der Waals surface area contributed by atoms with E-state index in [1.807, 2.05) is 60.3 Å². The van der Waals surface area contributed by atoms with Crippen LogP contribution in [0.1, 0.15) is 17.4 Å². The Morgan fingerprint density at radius 3 is 2.59 bits per heavy atom. The summed E-state index contributed by atoms with van der Waals surface area (Å²) in [5.41, 5.74) is 1.05. The van der Waals surface area contributed by atoms with E-state index in [4.69, 9.17) is 23.8 Å². The van der Waals surface area contributed by atoms with Crippen molar-refractivity contribution in [2.45, 2.75) is 10.9 Å². The average molecular weight is 417 g/mol. The highest BCUT2D eigenvalue weighted by Gasteiger charge is 2.19. The van der Waals surface area contributed by atoms with Crippen molar-refractivity contribution in [2.24, 2.45) is 7.05 Å². The zero-order valence-corrected chi connectivity index (χ0v) is 17.3. The molecule has 3 aromatic rings. The van der Waals surface area contributed by atoms with E-state index in [0.29, 0.717) is 10.1 Å². The Morgan fingerprint density at radius 1 is 1.19 bits per heavy atom. The van der Waals surface area contributed by atoms with E-state index in [-0.39, 0.29) is 6.04 Å². The Kier molecular flexibility index (Phi) is 7.15. The number of benzene rings is 2. The van der Waals surface area contributed by atoms with Gasteiger partial charge in [-0.15, -0.1) is 11.8 Å². The SMILES string of the molecule is Cn1ccnc1[C@H](NC(=S)NCCSc1ccccc1)c1ccc(Cl)cc1. The number of hydrogen-bond acceptors (Lipinski definition) is 3. The molecule has 1 aromatic heterocycles. The molecular weight excluding hydrogens is 396 g/mol. The molecule has 0 spiro atoms. The summed E-state index contributed by atoms with van der Waals surface area (Å²) in [4.78, 5) is 5.73. The van der Waals surface area contributed by atoms with Gasteiger partial charge in [0.25, 0.3) is 0 Å². The first-order valence-corrected chi connectivity index (χ1v) is 10.4. The summed E-state index contributed by atoms with van der Waals surface area (Å²) in [5, 5.41) is 7.97. The van der Waals surface area contributed by atoms with E-state index in [2.05, 4.69) is 27.8 Å². The second-order valence-corrected chi connectivity index (χ2v) is 7.96. The predicted molar refractivity (Wildman–Crippen MR) is 117 cm³/mol. The molecule has 3 rings (SSSR count). The summed E-state index contributed by atoms with van der Waals surface area (Å²) in [6.07, 6.45) is 3.71. The van der Waals surface area contributed by atoms with Crippen molar-refractivity contribution in [1.29, 1.82) is 0 Å². The molecule has 1 heterocycles. The van der Waals surface area contributed by atoms with Gasteiger partial charge in [-0.3, -0.25) is 0 Å². The molecule has 0 bridgehead atoms. The number of halogens is 1. The standard InChI is InChI=1S/C20H21ClN4S2/c1-25-13-11-22-19(25)18(15-7-9-16(21)10-8-15)24-20(26)23-12-14-27-17-5-3-2-4-6-17/h2-11,13,18H,12,14H2,1H3,(H2,23,24,26)/t18-/m1/s1. The molecule has 0 fully saturated rings. The van der Waals surface area contributed by atoms with Crippen LogP contribution in [0.2, 0.25) is 5.02 Å². The van der Waals surface area contributed by atoms with Gasteiger partial charge >= 0.3 is 0 Å². The van der Waals surface area contributed by atoms with Crippen LogP contribution >= 0.6 is 35.6 Å². The van der Waals surface area contributed by atoms with Gasteiger partial charge in [-0.25, -0.2) is 4.98 Å². The van der Waals surface area contributed by atoms with Gasteiger partial charge in [-0.2, -0.15) is 0 Å². The van der Waals surface area contributed by atoms with Crippen molar-refractivity contribution in [3.05, 3.63) is 83.4 Å². The van der Waals surface area contributed by atoms with Gasteiger partial charge in [0.1, 0.15) is 11.9 Å². The summed E-state index contributed by atoms with van der Waals surface area (Å²) in [7, 11) is 1.97. The van der Waals surface area contributed by atoms with E-state index in [0.717, 1.165) is 23.7 Å². The largest absolute Gasteiger partial charge is 0.362 e. The van der Waals surface area contributed by atoms with Crippen molar-refractivity contribution in [3.8, 4) is 0 Å². The summed E-state index contributed by atoms with van der Waals surface area (Å²) in [5.74, 6) is 1.82. The van der Waals surface area contributed by atoms with Crippen LogP contribution in [0, 0.1) is 0 Å². The highest BCUT2D eigenvalue weighted by molar-refractivity contribution is 7.99. The van der Waals surface area contributed by atoms with Gasteiger partial charge in [-0.1, -0.05) is 41.9 Å². The number of nitrogens with one attached hydrogen (secondary N) is 2. The fourth-order valence-electron chi connectivity index (χ4n) is 2.64. The minimum atomic E-state index is -0.149. The molecule has 0 unspecified atom stereocenters. The molecule has 0 saturated carbocycles. The van der Waals surface area contributed by atoms with Gasteiger partial charge in [0.15, 0.2) is 5.11 Å². The Labute approximate surface area is 174 Å². The van der Waals surface area contributed by atoms with Crippen LogP contribution in [0.15, 0.2) is 71.9 Å². The first-order chi connectivity index (χ1) is 13.1. The lowest BCUT2D eigenvalue weighted by Gasteiger charge is -2.21. The molecule has 7 heteroatoms. The predicted octanol–water partition coefficient (Wildman–Crippen LogP) is 4.42. The van der Waals surface area contributed by atoms with E-state index in [1.54, 1.807) is 18.0 Å². The molecule has 0 amide bonds. The van der Waals surface area contributed by atoms with Crippen molar-refractivity contribution < 1.29 is 0 Å². The van der Waals surface area contributed by atoms with Crippen molar-refractivity contribution in [2.75, 3.05) is 12.3 Å². The molecule has 27 heavy (non-hydrogen) atoms. The molecule has 0 aliphatic carbocycles. The number of nitrogens with zero attached hydrogens (tertiary/aromatic N) is 2. The van der Waals surface area contributed by atoms with Crippen LogP contribution in [0.3, 0.4) is 0 Å². The average Bonchev–Trinajstić information content (AvgIpc) is 3.11. The van der Waals surface area contributed by atoms with Gasteiger partial charge in [-0.05, 0) is 42.0 Å². The molecule has 0 aliphatic heterocycles. The van der Waals surface area contributed by atoms with Crippen molar-refractivity contribution >= 4 is 40.7 Å². The van der Waals surface area contributed by atoms with Gasteiger partial charge in [0, 0.05) is 41.7 Å². The first kappa shape index (κ1) is 19.7. The maximum Gasteiger partial charge on any atom is 0.167 e. The molecule has 140 valence electrons. The smallest absolute Gasteiger partial charge is 0.167 e. The highest BCUT2D eigenvalue weighted by Crippen LogP contribution is 2.22. The summed E-state index contributed by atoms with van der Waals surface area (Å²) < 4.78 is 1.99. The number of aromatic nitrogens is 2. The minimum Gasteiger partial charge on any atom is -0.362 e. The molecule has 0 radical (unpaired) electrons. The zero-order valence-electron chi connectivity index (χ0n) is 14.9. The lowest BCUT2D eigenvalue weighted by atomic mass is 10.1. The lowest BCUT2D eigenvalue weighted by molar-refractivity contribution is 0.654. The van der Waals surface area contributed by atoms with Crippen LogP contribution < -0.4 is 10.6 Å². The van der Waals surface area contributed by atoms with Crippen molar-refractivity contribution in [1.82, 2.24) is 20.2 Å². The van der Waals surface area contributed by atoms with Crippen molar-refractivity contribution in [3.63, 3.8) is 0 Å². The van der Waals surface area contributed by atoms with Gasteiger partial charge in [0.2, 0.25) is 0 Å².